The van der Waals surface area contributed by atoms with Gasteiger partial charge in [0.1, 0.15) is 0 Å². The number of rotatable bonds is 2. The minimum absolute atomic E-state index is 0.0656. The quantitative estimate of drug-likeness (QED) is 0.660. The molecular formula is C11H15ClO2. The summed E-state index contributed by atoms with van der Waals surface area (Å²) in [7, 11) is 0. The molecular weight excluding hydrogens is 200 g/mol. The van der Waals surface area contributed by atoms with E-state index in [0.29, 0.717) is 6.42 Å². The molecule has 0 bridgehead atoms. The molecule has 3 heteroatoms. The van der Waals surface area contributed by atoms with Crippen LogP contribution in [0.4, 0.5) is 0 Å². The number of allylic oxidation sites excluding steroid dienone is 3. The van der Waals surface area contributed by atoms with Crippen molar-refractivity contribution in [1.29, 1.82) is 0 Å². The Morgan fingerprint density at radius 2 is 2.14 bits per heavy atom. The molecule has 78 valence electrons. The van der Waals surface area contributed by atoms with Crippen molar-refractivity contribution in [1.82, 2.24) is 0 Å². The van der Waals surface area contributed by atoms with Gasteiger partial charge in [0, 0.05) is 10.6 Å². The molecule has 0 N–H and O–H groups in total. The SMILES string of the molecule is CC1=C(C(=O)OC(C)C)CCC(Cl)=C1. The first kappa shape index (κ1) is 11.3. The number of halogens is 1. The fraction of sp³-hybridized carbons (Fsp3) is 0.545. The zero-order chi connectivity index (χ0) is 10.7. The smallest absolute Gasteiger partial charge is 0.334 e. The van der Waals surface area contributed by atoms with Crippen molar-refractivity contribution in [3.63, 3.8) is 0 Å². The van der Waals surface area contributed by atoms with Crippen molar-refractivity contribution in [2.75, 3.05) is 0 Å². The molecule has 2 nitrogen and oxygen atoms in total. The number of carbonyl (C=O) groups excluding carboxylic acids is 1. The van der Waals surface area contributed by atoms with E-state index in [1.54, 1.807) is 0 Å². The molecule has 1 aliphatic rings. The monoisotopic (exact) mass is 214 g/mol. The first-order valence-corrected chi connectivity index (χ1v) is 5.15. The Bertz CT molecular complexity index is 300. The second-order valence-corrected chi connectivity index (χ2v) is 4.19. The van der Waals surface area contributed by atoms with Crippen molar-refractivity contribution in [3.05, 3.63) is 22.3 Å². The lowest BCUT2D eigenvalue weighted by Crippen LogP contribution is -2.15. The highest BCUT2D eigenvalue weighted by Crippen LogP contribution is 2.26. The van der Waals surface area contributed by atoms with Crippen LogP contribution >= 0.6 is 11.6 Å². The Kier molecular flexibility index (Phi) is 3.76. The molecule has 1 aliphatic carbocycles. The molecule has 0 saturated carbocycles. The minimum atomic E-state index is -0.210. The molecule has 0 amide bonds. The molecule has 1 rings (SSSR count). The molecule has 0 heterocycles. The van der Waals surface area contributed by atoms with Crippen molar-refractivity contribution in [2.45, 2.75) is 39.7 Å². The maximum atomic E-state index is 11.6. The summed E-state index contributed by atoms with van der Waals surface area (Å²) in [6.45, 7) is 5.58. The molecule has 0 aromatic carbocycles. The largest absolute Gasteiger partial charge is 0.460 e. The van der Waals surface area contributed by atoms with E-state index < -0.39 is 0 Å². The highest BCUT2D eigenvalue weighted by molar-refractivity contribution is 6.30. The Morgan fingerprint density at radius 3 is 2.64 bits per heavy atom. The summed E-state index contributed by atoms with van der Waals surface area (Å²) in [5.74, 6) is -0.210. The fourth-order valence-corrected chi connectivity index (χ4v) is 1.64. The lowest BCUT2D eigenvalue weighted by molar-refractivity contribution is -0.142. The first-order chi connectivity index (χ1) is 6.50. The zero-order valence-corrected chi connectivity index (χ0v) is 9.52. The van der Waals surface area contributed by atoms with Crippen LogP contribution in [0, 0.1) is 0 Å². The van der Waals surface area contributed by atoms with Gasteiger partial charge in [0.15, 0.2) is 0 Å². The molecule has 0 aromatic heterocycles. The van der Waals surface area contributed by atoms with E-state index in [-0.39, 0.29) is 12.1 Å². The van der Waals surface area contributed by atoms with Crippen molar-refractivity contribution in [2.24, 2.45) is 0 Å². The van der Waals surface area contributed by atoms with Gasteiger partial charge in [0.25, 0.3) is 0 Å². The average Bonchev–Trinajstić information content (AvgIpc) is 2.01. The second kappa shape index (κ2) is 4.65. The average molecular weight is 215 g/mol. The number of ether oxygens (including phenoxy) is 1. The molecule has 0 fully saturated rings. The maximum absolute atomic E-state index is 11.6. The molecule has 14 heavy (non-hydrogen) atoms. The standard InChI is InChI=1S/C11H15ClO2/c1-7(2)14-11(13)10-5-4-9(12)6-8(10)3/h6-7H,4-5H2,1-3H3. The molecule has 0 radical (unpaired) electrons. The molecule has 0 aromatic rings. The van der Waals surface area contributed by atoms with Crippen LogP contribution in [0.15, 0.2) is 22.3 Å². The first-order valence-electron chi connectivity index (χ1n) is 4.77. The van der Waals surface area contributed by atoms with E-state index in [4.69, 9.17) is 16.3 Å². The summed E-state index contributed by atoms with van der Waals surface area (Å²) in [6.07, 6.45) is 3.19. The van der Waals surface area contributed by atoms with Crippen LogP contribution in [0.25, 0.3) is 0 Å². The Balaban J connectivity index is 2.77. The Labute approximate surface area is 89.6 Å². The summed E-state index contributed by atoms with van der Waals surface area (Å²) in [5.41, 5.74) is 1.68. The van der Waals surface area contributed by atoms with E-state index in [9.17, 15) is 4.79 Å². The second-order valence-electron chi connectivity index (χ2n) is 3.71. The van der Waals surface area contributed by atoms with E-state index in [2.05, 4.69) is 0 Å². The van der Waals surface area contributed by atoms with Crippen molar-refractivity contribution >= 4 is 17.6 Å². The summed E-state index contributed by atoms with van der Waals surface area (Å²) in [5, 5.41) is 0.809. The molecule has 0 spiro atoms. The number of carbonyl (C=O) groups is 1. The third-order valence-corrected chi connectivity index (χ3v) is 2.35. The Morgan fingerprint density at radius 1 is 1.50 bits per heavy atom. The van der Waals surface area contributed by atoms with E-state index in [1.807, 2.05) is 26.8 Å². The van der Waals surface area contributed by atoms with Gasteiger partial charge in [-0.05, 0) is 45.3 Å². The summed E-state index contributed by atoms with van der Waals surface area (Å²) < 4.78 is 5.13. The predicted octanol–water partition coefficient (Wildman–Crippen LogP) is 3.17. The minimum Gasteiger partial charge on any atom is -0.460 e. The maximum Gasteiger partial charge on any atom is 0.334 e. The van der Waals surface area contributed by atoms with Crippen molar-refractivity contribution in [3.8, 4) is 0 Å². The summed E-state index contributed by atoms with van der Waals surface area (Å²) in [6, 6.07) is 0. The normalized spacial score (nSPS) is 17.1. The molecule has 0 saturated heterocycles. The van der Waals surface area contributed by atoms with Crippen molar-refractivity contribution < 1.29 is 9.53 Å². The number of hydrogen-bond donors (Lipinski definition) is 0. The predicted molar refractivity (Wildman–Crippen MR) is 57.1 cm³/mol. The van der Waals surface area contributed by atoms with Gasteiger partial charge < -0.3 is 4.74 Å². The van der Waals surface area contributed by atoms with Gasteiger partial charge in [-0.1, -0.05) is 11.6 Å². The van der Waals surface area contributed by atoms with Crippen LogP contribution in [0.1, 0.15) is 33.6 Å². The van der Waals surface area contributed by atoms with Gasteiger partial charge in [-0.15, -0.1) is 0 Å². The highest BCUT2D eigenvalue weighted by atomic mass is 35.5. The van der Waals surface area contributed by atoms with E-state index >= 15 is 0 Å². The van der Waals surface area contributed by atoms with Gasteiger partial charge in [-0.2, -0.15) is 0 Å². The fourth-order valence-electron chi connectivity index (χ4n) is 1.38. The number of esters is 1. The van der Waals surface area contributed by atoms with Crippen LogP contribution in [-0.2, 0) is 9.53 Å². The zero-order valence-electron chi connectivity index (χ0n) is 8.76. The topological polar surface area (TPSA) is 26.3 Å². The van der Waals surface area contributed by atoms with E-state index in [1.165, 1.54) is 0 Å². The molecule has 0 unspecified atom stereocenters. The lowest BCUT2D eigenvalue weighted by Gasteiger charge is -2.15. The van der Waals surface area contributed by atoms with Crippen LogP contribution in [0.2, 0.25) is 0 Å². The van der Waals surface area contributed by atoms with Gasteiger partial charge in [-0.3, -0.25) is 0 Å². The van der Waals surface area contributed by atoms with Gasteiger partial charge in [0.2, 0.25) is 0 Å². The summed E-state index contributed by atoms with van der Waals surface area (Å²) in [4.78, 5) is 11.6. The summed E-state index contributed by atoms with van der Waals surface area (Å²) >= 11 is 5.86. The van der Waals surface area contributed by atoms with Crippen LogP contribution in [-0.4, -0.2) is 12.1 Å². The van der Waals surface area contributed by atoms with Gasteiger partial charge in [-0.25, -0.2) is 4.79 Å². The van der Waals surface area contributed by atoms with Crippen LogP contribution < -0.4 is 0 Å². The number of hydrogen-bond acceptors (Lipinski definition) is 2. The van der Waals surface area contributed by atoms with Crippen LogP contribution in [0.5, 0.6) is 0 Å². The third-order valence-electron chi connectivity index (χ3n) is 2.05. The molecule has 0 aliphatic heterocycles. The van der Waals surface area contributed by atoms with Gasteiger partial charge in [0.05, 0.1) is 6.10 Å². The lowest BCUT2D eigenvalue weighted by atomic mass is 9.99. The highest BCUT2D eigenvalue weighted by Gasteiger charge is 2.18. The molecule has 0 atom stereocenters. The van der Waals surface area contributed by atoms with Crippen LogP contribution in [0.3, 0.4) is 0 Å². The Hall–Kier alpha value is -0.760. The third kappa shape index (κ3) is 2.88. The van der Waals surface area contributed by atoms with Gasteiger partial charge >= 0.3 is 5.97 Å². The van der Waals surface area contributed by atoms with E-state index in [0.717, 1.165) is 22.6 Å².